The molecule has 2 N–H and O–H groups in total. The number of amides is 3. The van der Waals surface area contributed by atoms with Gasteiger partial charge in [0.1, 0.15) is 11.8 Å². The third kappa shape index (κ3) is 6.87. The number of nitrogens with zero attached hydrogens (tertiary/aromatic N) is 1. The van der Waals surface area contributed by atoms with E-state index in [1.807, 2.05) is 37.3 Å². The Morgan fingerprint density at radius 1 is 0.973 bits per heavy atom. The van der Waals surface area contributed by atoms with Gasteiger partial charge >= 0.3 is 0 Å². The summed E-state index contributed by atoms with van der Waals surface area (Å²) in [6.45, 7) is 1.90. The molecule has 2 aromatic heterocycles. The van der Waals surface area contributed by atoms with Crippen LogP contribution in [0.15, 0.2) is 88.9 Å². The lowest BCUT2D eigenvalue weighted by molar-refractivity contribution is -0.141. The molecule has 1 atom stereocenters. The van der Waals surface area contributed by atoms with Crippen LogP contribution in [-0.4, -0.2) is 29.2 Å². The lowest BCUT2D eigenvalue weighted by Gasteiger charge is -2.32. The third-order valence-electron chi connectivity index (χ3n) is 5.73. The maximum absolute atomic E-state index is 13.6. The quantitative estimate of drug-likeness (QED) is 0.295. The number of carbonyl (C=O) groups is 3. The highest BCUT2D eigenvalue weighted by molar-refractivity contribution is 7.12. The Kier molecular flexibility index (Phi) is 8.77. The molecule has 190 valence electrons. The molecular formula is C28H26ClN3O4S. The van der Waals surface area contributed by atoms with Gasteiger partial charge < -0.3 is 20.0 Å². The zero-order chi connectivity index (χ0) is 26.2. The Balaban J connectivity index is 1.65. The van der Waals surface area contributed by atoms with E-state index in [1.165, 1.54) is 22.5 Å². The highest BCUT2D eigenvalue weighted by atomic mass is 35.5. The van der Waals surface area contributed by atoms with Crippen LogP contribution in [0.2, 0.25) is 5.02 Å². The highest BCUT2D eigenvalue weighted by Gasteiger charge is 2.32. The van der Waals surface area contributed by atoms with E-state index >= 15 is 0 Å². The molecule has 3 amide bonds. The van der Waals surface area contributed by atoms with Crippen LogP contribution < -0.4 is 10.6 Å². The first-order valence-corrected chi connectivity index (χ1v) is 12.9. The molecule has 2 heterocycles. The molecule has 0 fully saturated rings. The topological polar surface area (TPSA) is 91.7 Å². The Bertz CT molecular complexity index is 1340. The van der Waals surface area contributed by atoms with E-state index in [4.69, 9.17) is 16.0 Å². The molecule has 0 saturated heterocycles. The minimum Gasteiger partial charge on any atom is -0.467 e. The molecule has 7 nitrogen and oxygen atoms in total. The number of nitrogens with one attached hydrogen (secondary N) is 2. The van der Waals surface area contributed by atoms with Crippen molar-refractivity contribution in [2.75, 3.05) is 6.54 Å². The van der Waals surface area contributed by atoms with Crippen molar-refractivity contribution in [3.8, 4) is 0 Å². The van der Waals surface area contributed by atoms with Gasteiger partial charge in [0, 0.05) is 11.6 Å². The summed E-state index contributed by atoms with van der Waals surface area (Å²) < 4.78 is 5.35. The summed E-state index contributed by atoms with van der Waals surface area (Å²) in [4.78, 5) is 41.7. The third-order valence-corrected chi connectivity index (χ3v) is 6.97. The first-order chi connectivity index (χ1) is 17.9. The molecule has 9 heteroatoms. The Morgan fingerprint density at radius 2 is 1.76 bits per heavy atom. The van der Waals surface area contributed by atoms with Crippen LogP contribution in [0.25, 0.3) is 0 Å². The first-order valence-electron chi connectivity index (χ1n) is 11.6. The summed E-state index contributed by atoms with van der Waals surface area (Å²) >= 11 is 7.71. The second-order valence-corrected chi connectivity index (χ2v) is 9.74. The van der Waals surface area contributed by atoms with Crippen LogP contribution in [0.1, 0.15) is 38.2 Å². The van der Waals surface area contributed by atoms with Crippen molar-refractivity contribution < 1.29 is 18.8 Å². The molecule has 4 rings (SSSR count). The summed E-state index contributed by atoms with van der Waals surface area (Å²) in [5, 5.41) is 7.81. The average Bonchev–Trinajstić information content (AvgIpc) is 3.62. The number of carbonyl (C=O) groups excluding carboxylic acids is 3. The molecule has 0 unspecified atom stereocenters. The lowest BCUT2D eigenvalue weighted by atomic mass is 10.0. The van der Waals surface area contributed by atoms with E-state index in [0.29, 0.717) is 26.8 Å². The zero-order valence-corrected chi connectivity index (χ0v) is 21.7. The van der Waals surface area contributed by atoms with Crippen molar-refractivity contribution in [2.45, 2.75) is 26.1 Å². The largest absolute Gasteiger partial charge is 0.467 e. The van der Waals surface area contributed by atoms with E-state index in [0.717, 1.165) is 5.56 Å². The molecule has 2 aromatic carbocycles. The summed E-state index contributed by atoms with van der Waals surface area (Å²) in [5.41, 5.74) is 2.33. The van der Waals surface area contributed by atoms with Crippen LogP contribution in [0.4, 0.5) is 0 Å². The zero-order valence-electron chi connectivity index (χ0n) is 20.1. The molecule has 4 aromatic rings. The van der Waals surface area contributed by atoms with Crippen molar-refractivity contribution in [1.29, 1.82) is 0 Å². The molecule has 0 aliphatic heterocycles. The minimum absolute atomic E-state index is 0.0695. The van der Waals surface area contributed by atoms with E-state index in [9.17, 15) is 14.4 Å². The van der Waals surface area contributed by atoms with Crippen molar-refractivity contribution in [3.63, 3.8) is 0 Å². The molecule has 0 radical (unpaired) electrons. The van der Waals surface area contributed by atoms with Crippen molar-refractivity contribution in [1.82, 2.24) is 15.5 Å². The smallest absolute Gasteiger partial charge is 0.261 e. The van der Waals surface area contributed by atoms with E-state index in [1.54, 1.807) is 47.8 Å². The van der Waals surface area contributed by atoms with Gasteiger partial charge in [0.2, 0.25) is 11.8 Å². The molecule has 0 spiro atoms. The number of aryl methyl sites for hydroxylation is 1. The van der Waals surface area contributed by atoms with Gasteiger partial charge in [-0.3, -0.25) is 14.4 Å². The predicted octanol–water partition coefficient (Wildman–Crippen LogP) is 5.12. The van der Waals surface area contributed by atoms with E-state index in [-0.39, 0.29) is 31.4 Å². The number of halogens is 1. The van der Waals surface area contributed by atoms with Crippen molar-refractivity contribution in [3.05, 3.63) is 117 Å². The van der Waals surface area contributed by atoms with Gasteiger partial charge in [0.05, 0.1) is 24.2 Å². The minimum atomic E-state index is -0.974. The number of benzene rings is 2. The average molecular weight is 536 g/mol. The highest BCUT2D eigenvalue weighted by Crippen LogP contribution is 2.27. The number of furan rings is 1. The maximum Gasteiger partial charge on any atom is 0.261 e. The molecular weight excluding hydrogens is 510 g/mol. The summed E-state index contributed by atoms with van der Waals surface area (Å²) in [6.07, 6.45) is 1.53. The molecule has 0 aliphatic rings. The summed E-state index contributed by atoms with van der Waals surface area (Å²) in [5.74, 6) is -0.577. The normalized spacial score (nSPS) is 11.5. The number of rotatable bonds is 10. The second-order valence-electron chi connectivity index (χ2n) is 8.38. The van der Waals surface area contributed by atoms with E-state index < -0.39 is 11.9 Å². The molecule has 0 bridgehead atoms. The molecule has 37 heavy (non-hydrogen) atoms. The Hall–Kier alpha value is -3.88. The Morgan fingerprint density at radius 3 is 2.43 bits per heavy atom. The fourth-order valence-corrected chi connectivity index (χ4v) is 4.63. The van der Waals surface area contributed by atoms with Crippen LogP contribution in [-0.2, 0) is 22.7 Å². The van der Waals surface area contributed by atoms with Gasteiger partial charge in [-0.1, -0.05) is 65.7 Å². The first kappa shape index (κ1) is 26.2. The van der Waals surface area contributed by atoms with Gasteiger partial charge in [0.25, 0.3) is 5.91 Å². The Labute approximate surface area is 224 Å². The van der Waals surface area contributed by atoms with Crippen LogP contribution in [0.3, 0.4) is 0 Å². The van der Waals surface area contributed by atoms with Gasteiger partial charge in [-0.05, 0) is 47.7 Å². The fourth-order valence-electron chi connectivity index (χ4n) is 3.79. The number of hydrogen-bond acceptors (Lipinski definition) is 5. The lowest BCUT2D eigenvalue weighted by Crippen LogP contribution is -2.46. The predicted molar refractivity (Wildman–Crippen MR) is 143 cm³/mol. The fraction of sp³-hybridized carbons (Fsp3) is 0.179. The summed E-state index contributed by atoms with van der Waals surface area (Å²) in [7, 11) is 0. The van der Waals surface area contributed by atoms with Gasteiger partial charge in [-0.15, -0.1) is 11.3 Å². The van der Waals surface area contributed by atoms with E-state index in [2.05, 4.69) is 10.6 Å². The number of thiophene rings is 1. The SMILES string of the molecule is Cc1ccc([C@@H](C(=O)NCc2ccco2)N(Cc2ccccc2Cl)C(=O)CNC(=O)c2cccs2)cc1. The molecule has 0 saturated carbocycles. The van der Waals surface area contributed by atoms with Gasteiger partial charge in [-0.2, -0.15) is 0 Å². The standard InChI is InChI=1S/C28H26ClN3O4S/c1-19-10-12-20(13-11-19)26(28(35)30-16-22-7-4-14-36-22)32(18-21-6-2-3-8-23(21)29)25(33)17-31-27(34)24-9-5-15-37-24/h2-15,26H,16-18H2,1H3,(H,30,35)(H,31,34)/t26-/m0/s1. The van der Waals surface area contributed by atoms with Crippen LogP contribution in [0, 0.1) is 6.92 Å². The van der Waals surface area contributed by atoms with Gasteiger partial charge in [-0.25, -0.2) is 0 Å². The van der Waals surface area contributed by atoms with Crippen molar-refractivity contribution >= 4 is 40.7 Å². The molecule has 0 aliphatic carbocycles. The van der Waals surface area contributed by atoms with Crippen molar-refractivity contribution in [2.24, 2.45) is 0 Å². The van der Waals surface area contributed by atoms with Gasteiger partial charge in [0.15, 0.2) is 0 Å². The second kappa shape index (κ2) is 12.4. The summed E-state index contributed by atoms with van der Waals surface area (Å²) in [6, 6.07) is 20.5. The monoisotopic (exact) mass is 535 g/mol. The van der Waals surface area contributed by atoms with Crippen LogP contribution in [0.5, 0.6) is 0 Å². The maximum atomic E-state index is 13.6. The van der Waals surface area contributed by atoms with Crippen LogP contribution >= 0.6 is 22.9 Å². The number of hydrogen-bond donors (Lipinski definition) is 2.